The average molecular weight is 212 g/mol. The Morgan fingerprint density at radius 2 is 2.12 bits per heavy atom. The molecule has 2 aromatic rings. The zero-order valence-corrected chi connectivity index (χ0v) is 8.29. The molecule has 0 spiro atoms. The van der Waals surface area contributed by atoms with Crippen LogP contribution in [0.1, 0.15) is 10.4 Å². The van der Waals surface area contributed by atoms with Gasteiger partial charge in [-0.3, -0.25) is 10.1 Å². The molecule has 0 saturated heterocycles. The number of carbonyl (C=O) groups is 1. The van der Waals surface area contributed by atoms with Crippen LogP contribution in [0.3, 0.4) is 0 Å². The summed E-state index contributed by atoms with van der Waals surface area (Å²) in [6.45, 7) is 0. The van der Waals surface area contributed by atoms with Gasteiger partial charge in [0.05, 0.1) is 17.4 Å². The van der Waals surface area contributed by atoms with Gasteiger partial charge in [0.15, 0.2) is 6.19 Å². The summed E-state index contributed by atoms with van der Waals surface area (Å²) in [5, 5.41) is 14.4. The SMILES string of the molecule is N#CNC(=O)c1cnn(-c2ccccc2)c1. The standard InChI is InChI=1S/C11H8N4O/c12-8-13-11(16)9-6-14-15(7-9)10-4-2-1-3-5-10/h1-7H,(H,13,16). The van der Waals surface area contributed by atoms with Crippen molar-refractivity contribution < 1.29 is 4.79 Å². The molecular formula is C11H8N4O. The van der Waals surface area contributed by atoms with Crippen molar-refractivity contribution in [2.45, 2.75) is 0 Å². The third kappa shape index (κ3) is 1.91. The van der Waals surface area contributed by atoms with Crippen molar-refractivity contribution in [2.24, 2.45) is 0 Å². The van der Waals surface area contributed by atoms with Crippen molar-refractivity contribution in [1.82, 2.24) is 15.1 Å². The number of carbonyl (C=O) groups excluding carboxylic acids is 1. The van der Waals surface area contributed by atoms with Gasteiger partial charge in [-0.1, -0.05) is 18.2 Å². The van der Waals surface area contributed by atoms with Crippen molar-refractivity contribution >= 4 is 5.91 Å². The second kappa shape index (κ2) is 4.28. The first-order chi connectivity index (χ1) is 7.81. The van der Waals surface area contributed by atoms with Crippen LogP contribution < -0.4 is 5.32 Å². The maximum absolute atomic E-state index is 11.3. The van der Waals surface area contributed by atoms with Crippen molar-refractivity contribution in [3.63, 3.8) is 0 Å². The minimum Gasteiger partial charge on any atom is -0.268 e. The predicted molar refractivity (Wildman–Crippen MR) is 56.6 cm³/mol. The molecule has 0 radical (unpaired) electrons. The number of nitrogens with zero attached hydrogens (tertiary/aromatic N) is 3. The first kappa shape index (κ1) is 9.93. The minimum absolute atomic E-state index is 0.352. The monoisotopic (exact) mass is 212 g/mol. The molecule has 0 unspecified atom stereocenters. The number of hydrogen-bond donors (Lipinski definition) is 1. The van der Waals surface area contributed by atoms with E-state index in [0.717, 1.165) is 5.69 Å². The van der Waals surface area contributed by atoms with Gasteiger partial charge in [0.2, 0.25) is 0 Å². The Morgan fingerprint density at radius 1 is 1.38 bits per heavy atom. The molecule has 1 aromatic carbocycles. The quantitative estimate of drug-likeness (QED) is 0.598. The molecule has 16 heavy (non-hydrogen) atoms. The summed E-state index contributed by atoms with van der Waals surface area (Å²) >= 11 is 0. The fourth-order valence-corrected chi connectivity index (χ4v) is 1.28. The summed E-state index contributed by atoms with van der Waals surface area (Å²) in [6, 6.07) is 9.41. The number of nitrogens with one attached hydrogen (secondary N) is 1. The van der Waals surface area contributed by atoms with Crippen LogP contribution in [-0.4, -0.2) is 15.7 Å². The van der Waals surface area contributed by atoms with Crippen molar-refractivity contribution in [1.29, 1.82) is 5.26 Å². The Labute approximate surface area is 91.9 Å². The number of rotatable bonds is 2. The fourth-order valence-electron chi connectivity index (χ4n) is 1.28. The average Bonchev–Trinajstić information content (AvgIpc) is 2.80. The lowest BCUT2D eigenvalue weighted by Gasteiger charge is -1.98. The van der Waals surface area contributed by atoms with E-state index in [2.05, 4.69) is 5.10 Å². The van der Waals surface area contributed by atoms with Gasteiger partial charge in [0.1, 0.15) is 0 Å². The minimum atomic E-state index is -0.454. The lowest BCUT2D eigenvalue weighted by molar-refractivity contribution is 0.0973. The summed E-state index contributed by atoms with van der Waals surface area (Å²) in [5.74, 6) is -0.454. The first-order valence-corrected chi connectivity index (χ1v) is 4.61. The Kier molecular flexibility index (Phi) is 2.65. The van der Waals surface area contributed by atoms with E-state index in [1.807, 2.05) is 35.6 Å². The zero-order valence-electron chi connectivity index (χ0n) is 8.29. The molecule has 0 aliphatic heterocycles. The smallest absolute Gasteiger partial charge is 0.267 e. The molecular weight excluding hydrogens is 204 g/mol. The number of hydrogen-bond acceptors (Lipinski definition) is 3. The topological polar surface area (TPSA) is 70.7 Å². The van der Waals surface area contributed by atoms with Crippen molar-refractivity contribution in [3.8, 4) is 11.9 Å². The highest BCUT2D eigenvalue weighted by Gasteiger charge is 2.07. The molecule has 78 valence electrons. The molecule has 1 amide bonds. The van der Waals surface area contributed by atoms with Gasteiger partial charge in [0, 0.05) is 6.20 Å². The van der Waals surface area contributed by atoms with E-state index < -0.39 is 5.91 Å². The lowest BCUT2D eigenvalue weighted by Crippen LogP contribution is -2.16. The summed E-state index contributed by atoms with van der Waals surface area (Å²) < 4.78 is 1.58. The largest absolute Gasteiger partial charge is 0.268 e. The van der Waals surface area contributed by atoms with E-state index in [9.17, 15) is 4.79 Å². The highest BCUT2D eigenvalue weighted by atomic mass is 16.1. The van der Waals surface area contributed by atoms with Gasteiger partial charge in [-0.15, -0.1) is 0 Å². The Hall–Kier alpha value is -2.61. The highest BCUT2D eigenvalue weighted by Crippen LogP contribution is 2.07. The summed E-state index contributed by atoms with van der Waals surface area (Å²) in [4.78, 5) is 11.3. The van der Waals surface area contributed by atoms with Crippen LogP contribution in [0.15, 0.2) is 42.7 Å². The van der Waals surface area contributed by atoms with Crippen LogP contribution in [0, 0.1) is 11.5 Å². The number of aromatic nitrogens is 2. The van der Waals surface area contributed by atoms with Crippen LogP contribution in [-0.2, 0) is 0 Å². The van der Waals surface area contributed by atoms with Crippen molar-refractivity contribution in [3.05, 3.63) is 48.3 Å². The molecule has 1 N–H and O–H groups in total. The Balaban J connectivity index is 2.27. The maximum atomic E-state index is 11.3. The predicted octanol–water partition coefficient (Wildman–Crippen LogP) is 1.08. The summed E-state index contributed by atoms with van der Waals surface area (Å²) in [6.07, 6.45) is 4.57. The molecule has 0 fully saturated rings. The van der Waals surface area contributed by atoms with E-state index >= 15 is 0 Å². The van der Waals surface area contributed by atoms with Gasteiger partial charge in [-0.2, -0.15) is 10.4 Å². The molecule has 0 aliphatic rings. The molecule has 0 atom stereocenters. The van der Waals surface area contributed by atoms with Crippen LogP contribution in [0.25, 0.3) is 5.69 Å². The molecule has 0 bridgehead atoms. The Morgan fingerprint density at radius 3 is 2.81 bits per heavy atom. The van der Waals surface area contributed by atoms with Crippen LogP contribution in [0.2, 0.25) is 0 Å². The van der Waals surface area contributed by atoms with E-state index in [1.165, 1.54) is 6.20 Å². The number of amides is 1. The third-order valence-electron chi connectivity index (χ3n) is 2.03. The zero-order chi connectivity index (χ0) is 11.4. The molecule has 5 heteroatoms. The van der Waals surface area contributed by atoms with Crippen LogP contribution in [0.5, 0.6) is 0 Å². The molecule has 0 saturated carbocycles. The summed E-state index contributed by atoms with van der Waals surface area (Å²) in [5.41, 5.74) is 1.21. The molecule has 1 heterocycles. The van der Waals surface area contributed by atoms with Gasteiger partial charge in [-0.25, -0.2) is 4.68 Å². The van der Waals surface area contributed by atoms with Crippen molar-refractivity contribution in [2.75, 3.05) is 0 Å². The molecule has 0 aliphatic carbocycles. The van der Waals surface area contributed by atoms with Gasteiger partial charge in [-0.05, 0) is 12.1 Å². The number of benzene rings is 1. The summed E-state index contributed by atoms with van der Waals surface area (Å²) in [7, 11) is 0. The normalized spacial score (nSPS) is 9.44. The second-order valence-electron chi connectivity index (χ2n) is 3.08. The Bertz CT molecular complexity index is 539. The fraction of sp³-hybridized carbons (Fsp3) is 0. The molecule has 5 nitrogen and oxygen atoms in total. The van der Waals surface area contributed by atoms with E-state index in [4.69, 9.17) is 5.26 Å². The van der Waals surface area contributed by atoms with Gasteiger partial charge >= 0.3 is 0 Å². The first-order valence-electron chi connectivity index (χ1n) is 4.61. The lowest BCUT2D eigenvalue weighted by atomic mass is 10.3. The van der Waals surface area contributed by atoms with E-state index in [-0.39, 0.29) is 0 Å². The van der Waals surface area contributed by atoms with Crippen LogP contribution in [0.4, 0.5) is 0 Å². The van der Waals surface area contributed by atoms with E-state index in [0.29, 0.717) is 5.56 Å². The second-order valence-corrected chi connectivity index (χ2v) is 3.08. The number of para-hydroxylation sites is 1. The molecule has 2 rings (SSSR count). The van der Waals surface area contributed by atoms with Gasteiger partial charge in [0.25, 0.3) is 5.91 Å². The van der Waals surface area contributed by atoms with Crippen LogP contribution >= 0.6 is 0 Å². The third-order valence-corrected chi connectivity index (χ3v) is 2.03. The van der Waals surface area contributed by atoms with Gasteiger partial charge < -0.3 is 0 Å². The van der Waals surface area contributed by atoms with E-state index in [1.54, 1.807) is 17.1 Å². The highest BCUT2D eigenvalue weighted by molar-refractivity contribution is 5.94. The maximum Gasteiger partial charge on any atom is 0.267 e. The number of nitriles is 1. The molecule has 1 aromatic heterocycles.